The summed E-state index contributed by atoms with van der Waals surface area (Å²) in [5, 5.41) is 2.46. The highest BCUT2D eigenvalue weighted by molar-refractivity contribution is 5.71. The van der Waals surface area contributed by atoms with E-state index in [1.807, 2.05) is 13.8 Å². The first kappa shape index (κ1) is 9.28. The number of urea groups is 1. The van der Waals surface area contributed by atoms with Crippen LogP contribution in [0.2, 0.25) is 0 Å². The van der Waals surface area contributed by atoms with Crippen molar-refractivity contribution in [2.24, 2.45) is 5.73 Å². The molecule has 1 aliphatic rings. The summed E-state index contributed by atoms with van der Waals surface area (Å²) in [6, 6.07) is -0.539. The molecule has 0 saturated carbocycles. The van der Waals surface area contributed by atoms with Crippen LogP contribution < -0.4 is 11.1 Å². The first-order valence-corrected chi connectivity index (χ1v) is 3.85. The molecule has 5 nitrogen and oxygen atoms in total. The van der Waals surface area contributed by atoms with Crippen LogP contribution >= 0.6 is 0 Å². The highest BCUT2D eigenvalue weighted by Crippen LogP contribution is 2.21. The average Bonchev–Trinajstić information content (AvgIpc) is 2.26. The second-order valence-electron chi connectivity index (χ2n) is 3.20. The number of ether oxygens (including phenoxy) is 2. The molecule has 3 N–H and O–H groups in total. The maximum atomic E-state index is 10.3. The van der Waals surface area contributed by atoms with Crippen molar-refractivity contribution >= 4 is 6.03 Å². The maximum Gasteiger partial charge on any atom is 0.312 e. The fourth-order valence-corrected chi connectivity index (χ4v) is 1.08. The largest absolute Gasteiger partial charge is 0.352 e. The molecule has 1 atom stereocenters. The Bertz CT molecular complexity index is 181. The second kappa shape index (κ2) is 3.28. The highest BCUT2D eigenvalue weighted by Gasteiger charge is 2.32. The van der Waals surface area contributed by atoms with Gasteiger partial charge in [-0.15, -0.1) is 0 Å². The zero-order chi connectivity index (χ0) is 9.19. The van der Waals surface area contributed by atoms with Crippen LogP contribution in [-0.4, -0.2) is 31.1 Å². The first-order valence-electron chi connectivity index (χ1n) is 3.85. The summed E-state index contributed by atoms with van der Waals surface area (Å²) < 4.78 is 10.7. The molecule has 1 aliphatic heterocycles. The Balaban J connectivity index is 2.24. The summed E-state index contributed by atoms with van der Waals surface area (Å²) in [5.41, 5.74) is 4.89. The van der Waals surface area contributed by atoms with Crippen LogP contribution in [0.25, 0.3) is 0 Å². The second-order valence-corrected chi connectivity index (χ2v) is 3.20. The Hall–Kier alpha value is -0.810. The van der Waals surface area contributed by atoms with Crippen molar-refractivity contribution in [3.05, 3.63) is 0 Å². The number of hydrogen-bond donors (Lipinski definition) is 2. The number of nitrogens with two attached hydrogens (primary N) is 1. The average molecular weight is 174 g/mol. The van der Waals surface area contributed by atoms with Gasteiger partial charge in [-0.25, -0.2) is 4.79 Å². The lowest BCUT2D eigenvalue weighted by Gasteiger charge is -2.16. The third-order valence-electron chi connectivity index (χ3n) is 1.57. The molecule has 0 radical (unpaired) electrons. The van der Waals surface area contributed by atoms with Crippen molar-refractivity contribution in [1.29, 1.82) is 0 Å². The van der Waals surface area contributed by atoms with Crippen LogP contribution in [0.3, 0.4) is 0 Å². The van der Waals surface area contributed by atoms with E-state index in [0.717, 1.165) is 0 Å². The SMILES string of the molecule is CC1(C)OC[C@@H](CNC(N)=O)O1. The molecule has 5 heteroatoms. The topological polar surface area (TPSA) is 73.6 Å². The standard InChI is InChI=1S/C7H14N2O3/c1-7(2)11-4-5(12-7)3-9-6(8)10/h5H,3-4H2,1-2H3,(H3,8,9,10)/t5-/m1/s1. The Morgan fingerprint density at radius 3 is 2.83 bits per heavy atom. The monoisotopic (exact) mass is 174 g/mol. The first-order chi connectivity index (χ1) is 5.49. The third-order valence-corrected chi connectivity index (χ3v) is 1.57. The van der Waals surface area contributed by atoms with Gasteiger partial charge in [0.15, 0.2) is 5.79 Å². The quantitative estimate of drug-likeness (QED) is 0.609. The Kier molecular flexibility index (Phi) is 2.54. The molecule has 0 aromatic rings. The smallest absolute Gasteiger partial charge is 0.312 e. The number of rotatable bonds is 2. The number of carbonyl (C=O) groups excluding carboxylic acids is 1. The summed E-state index contributed by atoms with van der Waals surface area (Å²) in [4.78, 5) is 10.3. The molecular formula is C7H14N2O3. The fraction of sp³-hybridized carbons (Fsp3) is 0.857. The van der Waals surface area contributed by atoms with Gasteiger partial charge in [-0.05, 0) is 13.8 Å². The van der Waals surface area contributed by atoms with Crippen LogP contribution in [0, 0.1) is 0 Å². The van der Waals surface area contributed by atoms with E-state index in [1.165, 1.54) is 0 Å². The normalized spacial score (nSPS) is 27.0. The Morgan fingerprint density at radius 2 is 2.42 bits per heavy atom. The minimum absolute atomic E-state index is 0.0903. The molecule has 1 heterocycles. The number of primary amides is 1. The van der Waals surface area contributed by atoms with Crippen molar-refractivity contribution in [3.8, 4) is 0 Å². The molecule has 0 aromatic carbocycles. The fourth-order valence-electron chi connectivity index (χ4n) is 1.08. The summed E-state index contributed by atoms with van der Waals surface area (Å²) in [6.45, 7) is 4.56. The number of hydrogen-bond acceptors (Lipinski definition) is 3. The molecule has 0 bridgehead atoms. The van der Waals surface area contributed by atoms with Crippen molar-refractivity contribution < 1.29 is 14.3 Å². The lowest BCUT2D eigenvalue weighted by Crippen LogP contribution is -2.37. The molecule has 70 valence electrons. The molecule has 0 aliphatic carbocycles. The van der Waals surface area contributed by atoms with Gasteiger partial charge in [0.25, 0.3) is 0 Å². The zero-order valence-electron chi connectivity index (χ0n) is 7.29. The maximum absolute atomic E-state index is 10.3. The van der Waals surface area contributed by atoms with Crippen LogP contribution in [0.5, 0.6) is 0 Å². The predicted octanol–water partition coefficient (Wildman–Crippen LogP) is -0.194. The van der Waals surface area contributed by atoms with Crippen LogP contribution in [0.4, 0.5) is 4.79 Å². The molecule has 12 heavy (non-hydrogen) atoms. The van der Waals surface area contributed by atoms with E-state index in [4.69, 9.17) is 15.2 Å². The number of nitrogens with one attached hydrogen (secondary N) is 1. The summed E-state index contributed by atoms with van der Waals surface area (Å²) >= 11 is 0. The van der Waals surface area contributed by atoms with E-state index in [0.29, 0.717) is 13.2 Å². The van der Waals surface area contributed by atoms with Crippen LogP contribution in [0.1, 0.15) is 13.8 Å². The van der Waals surface area contributed by atoms with E-state index in [1.54, 1.807) is 0 Å². The molecule has 1 rings (SSSR count). The predicted molar refractivity (Wildman–Crippen MR) is 42.5 cm³/mol. The van der Waals surface area contributed by atoms with Gasteiger partial charge in [-0.2, -0.15) is 0 Å². The zero-order valence-corrected chi connectivity index (χ0v) is 7.29. The van der Waals surface area contributed by atoms with Gasteiger partial charge in [-0.1, -0.05) is 0 Å². The van der Waals surface area contributed by atoms with Crippen molar-refractivity contribution in [2.45, 2.75) is 25.7 Å². The molecule has 1 saturated heterocycles. The van der Waals surface area contributed by atoms with Crippen molar-refractivity contribution in [2.75, 3.05) is 13.2 Å². The van der Waals surface area contributed by atoms with Crippen LogP contribution in [-0.2, 0) is 9.47 Å². The Morgan fingerprint density at radius 1 is 1.75 bits per heavy atom. The van der Waals surface area contributed by atoms with Gasteiger partial charge in [0, 0.05) is 6.54 Å². The molecule has 1 fully saturated rings. The van der Waals surface area contributed by atoms with E-state index < -0.39 is 11.8 Å². The minimum Gasteiger partial charge on any atom is -0.352 e. The van der Waals surface area contributed by atoms with Crippen LogP contribution in [0.15, 0.2) is 0 Å². The Labute approximate surface area is 71.2 Å². The molecule has 2 amide bonds. The van der Waals surface area contributed by atoms with E-state index in [2.05, 4.69) is 5.32 Å². The van der Waals surface area contributed by atoms with Gasteiger partial charge in [0.2, 0.25) is 0 Å². The summed E-state index contributed by atoms with van der Waals surface area (Å²) in [6.07, 6.45) is -0.0903. The van der Waals surface area contributed by atoms with Gasteiger partial charge in [0.1, 0.15) is 6.10 Å². The summed E-state index contributed by atoms with van der Waals surface area (Å²) in [7, 11) is 0. The van der Waals surface area contributed by atoms with Gasteiger partial charge in [-0.3, -0.25) is 0 Å². The molecule has 0 spiro atoms. The number of amides is 2. The van der Waals surface area contributed by atoms with E-state index >= 15 is 0 Å². The molecule has 0 aromatic heterocycles. The minimum atomic E-state index is -0.539. The number of carbonyl (C=O) groups is 1. The summed E-state index contributed by atoms with van der Waals surface area (Å²) in [5.74, 6) is -0.538. The lowest BCUT2D eigenvalue weighted by atomic mass is 10.4. The lowest BCUT2D eigenvalue weighted by molar-refractivity contribution is -0.137. The highest BCUT2D eigenvalue weighted by atomic mass is 16.7. The van der Waals surface area contributed by atoms with Crippen molar-refractivity contribution in [3.63, 3.8) is 0 Å². The van der Waals surface area contributed by atoms with Crippen molar-refractivity contribution in [1.82, 2.24) is 5.32 Å². The van der Waals surface area contributed by atoms with E-state index in [9.17, 15) is 4.79 Å². The van der Waals surface area contributed by atoms with Gasteiger partial charge in [0.05, 0.1) is 6.61 Å². The molecule has 0 unspecified atom stereocenters. The van der Waals surface area contributed by atoms with Gasteiger partial charge >= 0.3 is 6.03 Å². The molecular weight excluding hydrogens is 160 g/mol. The van der Waals surface area contributed by atoms with E-state index in [-0.39, 0.29) is 6.10 Å². The van der Waals surface area contributed by atoms with Gasteiger partial charge < -0.3 is 20.5 Å². The third kappa shape index (κ3) is 2.67.